The molecule has 2 aromatic carbocycles. The number of nitrogens with zero attached hydrogens (tertiary/aromatic N) is 1. The predicted molar refractivity (Wildman–Crippen MR) is 114 cm³/mol. The van der Waals surface area contributed by atoms with E-state index in [9.17, 15) is 10.1 Å². The van der Waals surface area contributed by atoms with Gasteiger partial charge >= 0.3 is 0 Å². The van der Waals surface area contributed by atoms with Gasteiger partial charge in [0.05, 0.1) is 11.6 Å². The van der Waals surface area contributed by atoms with Crippen molar-refractivity contribution in [2.45, 2.75) is 26.5 Å². The summed E-state index contributed by atoms with van der Waals surface area (Å²) in [4.78, 5) is 12.1. The van der Waals surface area contributed by atoms with E-state index in [2.05, 4.69) is 21.2 Å². The number of ether oxygens (including phenoxy) is 4. The van der Waals surface area contributed by atoms with Crippen LogP contribution in [0.4, 0.5) is 0 Å². The first kappa shape index (κ1) is 21.5. The molecule has 1 amide bonds. The number of nitrogens with one attached hydrogen (secondary N) is 1. The number of nitriles is 1. The van der Waals surface area contributed by atoms with E-state index >= 15 is 0 Å². The Morgan fingerprint density at radius 1 is 1.30 bits per heavy atom. The lowest BCUT2D eigenvalue weighted by molar-refractivity contribution is -0.117. The minimum absolute atomic E-state index is 0.00619. The van der Waals surface area contributed by atoms with Gasteiger partial charge in [0.15, 0.2) is 23.0 Å². The second-order valence-corrected chi connectivity index (χ2v) is 7.66. The third kappa shape index (κ3) is 5.05. The molecule has 1 heterocycles. The van der Waals surface area contributed by atoms with Crippen LogP contribution in [-0.2, 0) is 11.4 Å². The van der Waals surface area contributed by atoms with Crippen LogP contribution in [0.2, 0.25) is 0 Å². The Kier molecular flexibility index (Phi) is 6.85. The molecule has 156 valence electrons. The molecule has 0 radical (unpaired) electrons. The molecule has 0 unspecified atom stereocenters. The highest BCUT2D eigenvalue weighted by atomic mass is 79.9. The molecule has 0 saturated heterocycles. The summed E-state index contributed by atoms with van der Waals surface area (Å²) in [6.45, 7) is 4.17. The first-order valence-corrected chi connectivity index (χ1v) is 10.0. The van der Waals surface area contributed by atoms with E-state index < -0.39 is 5.91 Å². The average Bonchev–Trinajstić information content (AvgIpc) is 3.18. The number of methoxy groups -OCH3 is 1. The van der Waals surface area contributed by atoms with Gasteiger partial charge < -0.3 is 24.3 Å². The number of carbonyl (C=O) groups is 1. The van der Waals surface area contributed by atoms with Crippen LogP contribution in [0.5, 0.6) is 23.0 Å². The topological polar surface area (TPSA) is 89.8 Å². The van der Waals surface area contributed by atoms with E-state index in [0.29, 0.717) is 39.6 Å². The molecular formula is C22H21BrN2O5. The minimum Gasteiger partial charge on any atom is -0.493 e. The number of benzene rings is 2. The summed E-state index contributed by atoms with van der Waals surface area (Å²) in [5.74, 6) is 1.95. The fourth-order valence-corrected chi connectivity index (χ4v) is 3.38. The zero-order valence-electron chi connectivity index (χ0n) is 16.8. The monoisotopic (exact) mass is 472 g/mol. The molecule has 2 aromatic rings. The summed E-state index contributed by atoms with van der Waals surface area (Å²) >= 11 is 3.49. The highest BCUT2D eigenvalue weighted by Gasteiger charge is 2.16. The van der Waals surface area contributed by atoms with Crippen LogP contribution in [0, 0.1) is 11.3 Å². The van der Waals surface area contributed by atoms with Gasteiger partial charge in [-0.3, -0.25) is 4.79 Å². The average molecular weight is 473 g/mol. The van der Waals surface area contributed by atoms with Gasteiger partial charge in [-0.25, -0.2) is 0 Å². The summed E-state index contributed by atoms with van der Waals surface area (Å²) in [5, 5.41) is 12.0. The van der Waals surface area contributed by atoms with Gasteiger partial charge in [-0.05, 0) is 71.2 Å². The third-order valence-corrected chi connectivity index (χ3v) is 4.76. The molecule has 30 heavy (non-hydrogen) atoms. The number of carbonyl (C=O) groups excluding carboxylic acids is 1. The highest BCUT2D eigenvalue weighted by Crippen LogP contribution is 2.38. The van der Waals surface area contributed by atoms with Crippen LogP contribution in [0.3, 0.4) is 0 Å². The molecule has 1 aliphatic rings. The normalized spacial score (nSPS) is 12.5. The highest BCUT2D eigenvalue weighted by molar-refractivity contribution is 9.10. The lowest BCUT2D eigenvalue weighted by Gasteiger charge is -2.14. The van der Waals surface area contributed by atoms with E-state index in [1.165, 1.54) is 13.2 Å². The van der Waals surface area contributed by atoms with Crippen LogP contribution in [0.1, 0.15) is 25.0 Å². The fraction of sp³-hybridized carbons (Fsp3) is 0.273. The standard InChI is InChI=1S/C22H21BrN2O5/c1-13(2)25-22(26)16(10-24)6-15-7-17(23)21(20(9-15)27-3)28-11-14-4-5-18-19(8-14)30-12-29-18/h4-9,13H,11-12H2,1-3H3,(H,25,26)/b16-6-. The van der Waals surface area contributed by atoms with Crippen molar-refractivity contribution in [1.82, 2.24) is 5.32 Å². The van der Waals surface area contributed by atoms with Crippen molar-refractivity contribution in [3.05, 3.63) is 51.5 Å². The Morgan fingerprint density at radius 3 is 2.77 bits per heavy atom. The van der Waals surface area contributed by atoms with Crippen molar-refractivity contribution in [3.8, 4) is 29.1 Å². The second kappa shape index (κ2) is 9.55. The second-order valence-electron chi connectivity index (χ2n) is 6.81. The summed E-state index contributed by atoms with van der Waals surface area (Å²) in [6, 6.07) is 10.9. The summed E-state index contributed by atoms with van der Waals surface area (Å²) in [7, 11) is 1.53. The van der Waals surface area contributed by atoms with Gasteiger partial charge in [0, 0.05) is 6.04 Å². The van der Waals surface area contributed by atoms with Gasteiger partial charge in [0.2, 0.25) is 6.79 Å². The molecule has 1 N–H and O–H groups in total. The lowest BCUT2D eigenvalue weighted by atomic mass is 10.1. The van der Waals surface area contributed by atoms with Crippen molar-refractivity contribution >= 4 is 27.9 Å². The molecule has 0 fully saturated rings. The van der Waals surface area contributed by atoms with E-state index in [1.807, 2.05) is 38.1 Å². The number of hydrogen-bond donors (Lipinski definition) is 1. The number of halogens is 1. The van der Waals surface area contributed by atoms with Gasteiger partial charge in [-0.15, -0.1) is 0 Å². The van der Waals surface area contributed by atoms with E-state index in [1.54, 1.807) is 12.1 Å². The number of fused-ring (bicyclic) bond motifs is 1. The molecule has 8 heteroatoms. The van der Waals surface area contributed by atoms with Crippen molar-refractivity contribution < 1.29 is 23.7 Å². The number of rotatable bonds is 7. The molecule has 3 rings (SSSR count). The predicted octanol–water partition coefficient (Wildman–Crippen LogP) is 4.20. The van der Waals surface area contributed by atoms with Crippen LogP contribution in [0.15, 0.2) is 40.4 Å². The van der Waals surface area contributed by atoms with Crippen LogP contribution < -0.4 is 24.3 Å². The van der Waals surface area contributed by atoms with Gasteiger partial charge in [0.1, 0.15) is 18.2 Å². The molecule has 0 atom stereocenters. The lowest BCUT2D eigenvalue weighted by Crippen LogP contribution is -2.30. The Hall–Kier alpha value is -3.18. The zero-order valence-corrected chi connectivity index (χ0v) is 18.4. The zero-order chi connectivity index (χ0) is 21.7. The van der Waals surface area contributed by atoms with E-state index in [-0.39, 0.29) is 18.4 Å². The van der Waals surface area contributed by atoms with Crippen molar-refractivity contribution in [3.63, 3.8) is 0 Å². The van der Waals surface area contributed by atoms with Crippen LogP contribution in [-0.4, -0.2) is 25.9 Å². The van der Waals surface area contributed by atoms with Crippen LogP contribution in [0.25, 0.3) is 6.08 Å². The van der Waals surface area contributed by atoms with Crippen molar-refractivity contribution in [2.24, 2.45) is 0 Å². The first-order valence-electron chi connectivity index (χ1n) is 9.22. The maximum atomic E-state index is 12.1. The first-order chi connectivity index (χ1) is 14.4. The van der Waals surface area contributed by atoms with E-state index in [4.69, 9.17) is 18.9 Å². The van der Waals surface area contributed by atoms with Gasteiger partial charge in [-0.1, -0.05) is 6.07 Å². The van der Waals surface area contributed by atoms with Crippen molar-refractivity contribution in [2.75, 3.05) is 13.9 Å². The number of amides is 1. The fourth-order valence-electron chi connectivity index (χ4n) is 2.80. The quantitative estimate of drug-likeness (QED) is 0.479. The van der Waals surface area contributed by atoms with Gasteiger partial charge in [0.25, 0.3) is 5.91 Å². The molecule has 0 bridgehead atoms. The summed E-state index contributed by atoms with van der Waals surface area (Å²) < 4.78 is 22.8. The molecule has 1 aliphatic heterocycles. The molecule has 0 aliphatic carbocycles. The Balaban J connectivity index is 1.81. The number of hydrogen-bond acceptors (Lipinski definition) is 6. The van der Waals surface area contributed by atoms with Crippen LogP contribution >= 0.6 is 15.9 Å². The molecule has 0 aromatic heterocycles. The maximum absolute atomic E-state index is 12.1. The largest absolute Gasteiger partial charge is 0.493 e. The Bertz CT molecular complexity index is 1030. The summed E-state index contributed by atoms with van der Waals surface area (Å²) in [5.41, 5.74) is 1.55. The Labute approximate surface area is 183 Å². The molecule has 7 nitrogen and oxygen atoms in total. The van der Waals surface area contributed by atoms with E-state index in [0.717, 1.165) is 5.56 Å². The maximum Gasteiger partial charge on any atom is 0.262 e. The summed E-state index contributed by atoms with van der Waals surface area (Å²) in [6.07, 6.45) is 1.51. The third-order valence-electron chi connectivity index (χ3n) is 4.17. The van der Waals surface area contributed by atoms with Gasteiger partial charge in [-0.2, -0.15) is 5.26 Å². The SMILES string of the molecule is COc1cc(/C=C(/C#N)C(=O)NC(C)C)cc(Br)c1OCc1ccc2c(c1)OCO2. The molecular weight excluding hydrogens is 452 g/mol. The molecule has 0 saturated carbocycles. The Morgan fingerprint density at radius 2 is 2.07 bits per heavy atom. The molecule has 0 spiro atoms. The minimum atomic E-state index is -0.425. The van der Waals surface area contributed by atoms with Crippen molar-refractivity contribution in [1.29, 1.82) is 5.26 Å². The smallest absolute Gasteiger partial charge is 0.262 e.